The Morgan fingerprint density at radius 2 is 1.71 bits per heavy atom. The van der Waals surface area contributed by atoms with Gasteiger partial charge in [0.25, 0.3) is 5.91 Å². The van der Waals surface area contributed by atoms with Crippen molar-refractivity contribution in [1.29, 1.82) is 0 Å². The summed E-state index contributed by atoms with van der Waals surface area (Å²) in [6, 6.07) is 19.7. The van der Waals surface area contributed by atoms with Crippen LogP contribution in [-0.4, -0.2) is 41.9 Å². The van der Waals surface area contributed by atoms with Gasteiger partial charge in [0.05, 0.1) is 6.26 Å². The van der Waals surface area contributed by atoms with Crippen molar-refractivity contribution in [2.45, 2.75) is 13.0 Å². The number of benzene rings is 2. The molecule has 1 aliphatic rings. The maximum Gasteiger partial charge on any atom is 0.290 e. The standard InChI is InChI=1S/C23H23ClN2O2/c24-20-9-7-18(8-10-20)17-25-12-4-13-26(15-14-25)23(27)22-21(11-16-28-22)19-5-2-1-3-6-19/h1-3,5-11,16H,4,12-15,17H2. The third-order valence-corrected chi connectivity index (χ3v) is 5.39. The van der Waals surface area contributed by atoms with Gasteiger partial charge in [-0.15, -0.1) is 0 Å². The number of hydrogen-bond acceptors (Lipinski definition) is 3. The van der Waals surface area contributed by atoms with E-state index in [1.54, 1.807) is 6.26 Å². The SMILES string of the molecule is O=C(c1occc1-c1ccccc1)N1CCCN(Cc2ccc(Cl)cc2)CC1. The molecule has 0 unspecified atom stereocenters. The Kier molecular flexibility index (Phi) is 5.79. The maximum absolute atomic E-state index is 13.1. The number of hydrogen-bond donors (Lipinski definition) is 0. The summed E-state index contributed by atoms with van der Waals surface area (Å²) >= 11 is 5.97. The van der Waals surface area contributed by atoms with Crippen LogP contribution in [0, 0.1) is 0 Å². The van der Waals surface area contributed by atoms with Crippen molar-refractivity contribution in [3.63, 3.8) is 0 Å². The third kappa shape index (κ3) is 4.29. The second kappa shape index (κ2) is 8.63. The summed E-state index contributed by atoms with van der Waals surface area (Å²) in [4.78, 5) is 17.4. The first kappa shape index (κ1) is 18.8. The molecule has 28 heavy (non-hydrogen) atoms. The van der Waals surface area contributed by atoms with Gasteiger partial charge >= 0.3 is 0 Å². The van der Waals surface area contributed by atoms with Gasteiger partial charge in [-0.25, -0.2) is 0 Å². The van der Waals surface area contributed by atoms with Crippen LogP contribution in [-0.2, 0) is 6.54 Å². The van der Waals surface area contributed by atoms with E-state index in [1.807, 2.05) is 53.4 Å². The molecule has 0 atom stereocenters. The molecule has 1 aromatic heterocycles. The number of carbonyl (C=O) groups excluding carboxylic acids is 1. The van der Waals surface area contributed by atoms with Crippen LogP contribution in [0.2, 0.25) is 5.02 Å². The van der Waals surface area contributed by atoms with Crippen LogP contribution in [0.4, 0.5) is 0 Å². The zero-order valence-corrected chi connectivity index (χ0v) is 16.4. The van der Waals surface area contributed by atoms with Crippen LogP contribution in [0.3, 0.4) is 0 Å². The van der Waals surface area contributed by atoms with Gasteiger partial charge in [-0.1, -0.05) is 54.1 Å². The van der Waals surface area contributed by atoms with E-state index < -0.39 is 0 Å². The lowest BCUT2D eigenvalue weighted by molar-refractivity contribution is 0.0730. The highest BCUT2D eigenvalue weighted by atomic mass is 35.5. The second-order valence-corrected chi connectivity index (χ2v) is 7.51. The molecule has 1 amide bonds. The van der Waals surface area contributed by atoms with Gasteiger partial charge in [0.2, 0.25) is 0 Å². The van der Waals surface area contributed by atoms with E-state index in [1.165, 1.54) is 5.56 Å². The minimum Gasteiger partial charge on any atom is -0.459 e. The zero-order valence-electron chi connectivity index (χ0n) is 15.7. The number of carbonyl (C=O) groups is 1. The Bertz CT molecular complexity index is 921. The molecule has 4 nitrogen and oxygen atoms in total. The number of furan rings is 1. The summed E-state index contributed by atoms with van der Waals surface area (Å²) in [5, 5.41) is 0.754. The van der Waals surface area contributed by atoms with Crippen molar-refractivity contribution in [3.8, 4) is 11.1 Å². The summed E-state index contributed by atoms with van der Waals surface area (Å²) < 4.78 is 5.59. The van der Waals surface area contributed by atoms with Crippen LogP contribution in [0.15, 0.2) is 71.3 Å². The monoisotopic (exact) mass is 394 g/mol. The van der Waals surface area contributed by atoms with Crippen LogP contribution < -0.4 is 0 Å². The number of halogens is 1. The van der Waals surface area contributed by atoms with E-state index in [9.17, 15) is 4.79 Å². The summed E-state index contributed by atoms with van der Waals surface area (Å²) in [5.41, 5.74) is 3.09. The third-order valence-electron chi connectivity index (χ3n) is 5.14. The molecule has 0 aliphatic carbocycles. The van der Waals surface area contributed by atoms with Crippen LogP contribution in [0.25, 0.3) is 11.1 Å². The van der Waals surface area contributed by atoms with E-state index in [0.29, 0.717) is 12.3 Å². The highest BCUT2D eigenvalue weighted by Gasteiger charge is 2.25. The molecule has 1 saturated heterocycles. The second-order valence-electron chi connectivity index (χ2n) is 7.08. The lowest BCUT2D eigenvalue weighted by atomic mass is 10.1. The zero-order chi connectivity index (χ0) is 19.3. The molecule has 0 N–H and O–H groups in total. The quantitative estimate of drug-likeness (QED) is 0.628. The Morgan fingerprint density at radius 1 is 0.929 bits per heavy atom. The van der Waals surface area contributed by atoms with Gasteiger partial charge in [0.15, 0.2) is 5.76 Å². The van der Waals surface area contributed by atoms with Crippen molar-refractivity contribution in [1.82, 2.24) is 9.80 Å². The van der Waals surface area contributed by atoms with Crippen molar-refractivity contribution < 1.29 is 9.21 Å². The number of amides is 1. The predicted octanol–water partition coefficient (Wildman–Crippen LogP) is 4.95. The molecule has 5 heteroatoms. The lowest BCUT2D eigenvalue weighted by Crippen LogP contribution is -2.35. The van der Waals surface area contributed by atoms with E-state index in [0.717, 1.165) is 48.7 Å². The van der Waals surface area contributed by atoms with Gasteiger partial charge in [-0.05, 0) is 35.7 Å². The van der Waals surface area contributed by atoms with Crippen LogP contribution >= 0.6 is 11.6 Å². The molecule has 0 spiro atoms. The minimum atomic E-state index is -0.0304. The van der Waals surface area contributed by atoms with E-state index in [4.69, 9.17) is 16.0 Å². The molecule has 0 saturated carbocycles. The molecule has 1 aliphatic heterocycles. The summed E-state index contributed by atoms with van der Waals surface area (Å²) in [6.45, 7) is 4.12. The molecule has 2 aromatic carbocycles. The lowest BCUT2D eigenvalue weighted by Gasteiger charge is -2.22. The van der Waals surface area contributed by atoms with Gasteiger partial charge in [-0.2, -0.15) is 0 Å². The first-order valence-corrected chi connectivity index (χ1v) is 9.97. The summed E-state index contributed by atoms with van der Waals surface area (Å²) in [5.74, 6) is 0.398. The molecule has 144 valence electrons. The van der Waals surface area contributed by atoms with Crippen molar-refractivity contribution in [2.24, 2.45) is 0 Å². The molecule has 4 rings (SSSR count). The Hall–Kier alpha value is -2.56. The Labute approximate surface area is 170 Å². The molecule has 2 heterocycles. The highest BCUT2D eigenvalue weighted by molar-refractivity contribution is 6.30. The van der Waals surface area contributed by atoms with Crippen molar-refractivity contribution >= 4 is 17.5 Å². The van der Waals surface area contributed by atoms with Gasteiger partial charge < -0.3 is 9.32 Å². The number of nitrogens with zero attached hydrogens (tertiary/aromatic N) is 2. The molecular formula is C23H23ClN2O2. The van der Waals surface area contributed by atoms with Gasteiger partial charge in [0, 0.05) is 43.3 Å². The van der Waals surface area contributed by atoms with Crippen molar-refractivity contribution in [3.05, 3.63) is 83.3 Å². The first-order valence-electron chi connectivity index (χ1n) is 9.60. The average molecular weight is 395 g/mol. The fourth-order valence-corrected chi connectivity index (χ4v) is 3.77. The largest absolute Gasteiger partial charge is 0.459 e. The summed E-state index contributed by atoms with van der Waals surface area (Å²) in [7, 11) is 0. The van der Waals surface area contributed by atoms with Crippen LogP contribution in [0.5, 0.6) is 0 Å². The van der Waals surface area contributed by atoms with E-state index in [-0.39, 0.29) is 5.91 Å². The molecule has 0 radical (unpaired) electrons. The van der Waals surface area contributed by atoms with Gasteiger partial charge in [-0.3, -0.25) is 9.69 Å². The number of rotatable bonds is 4. The van der Waals surface area contributed by atoms with Gasteiger partial charge in [0.1, 0.15) is 0 Å². The molecule has 0 bridgehead atoms. The average Bonchev–Trinajstić information content (AvgIpc) is 3.10. The topological polar surface area (TPSA) is 36.7 Å². The first-order chi connectivity index (χ1) is 13.7. The summed E-state index contributed by atoms with van der Waals surface area (Å²) in [6.07, 6.45) is 2.54. The van der Waals surface area contributed by atoms with Crippen LogP contribution in [0.1, 0.15) is 22.5 Å². The minimum absolute atomic E-state index is 0.0304. The smallest absolute Gasteiger partial charge is 0.290 e. The maximum atomic E-state index is 13.1. The predicted molar refractivity (Wildman–Crippen MR) is 111 cm³/mol. The van der Waals surface area contributed by atoms with E-state index in [2.05, 4.69) is 17.0 Å². The fourth-order valence-electron chi connectivity index (χ4n) is 3.64. The van der Waals surface area contributed by atoms with E-state index >= 15 is 0 Å². The fraction of sp³-hybridized carbons (Fsp3) is 0.261. The van der Waals surface area contributed by atoms with Crippen molar-refractivity contribution in [2.75, 3.05) is 26.2 Å². The molecule has 1 fully saturated rings. The molecule has 3 aromatic rings. The Balaban J connectivity index is 1.43. The molecular weight excluding hydrogens is 372 g/mol. The Morgan fingerprint density at radius 3 is 2.50 bits per heavy atom. The highest BCUT2D eigenvalue weighted by Crippen LogP contribution is 2.26. The normalized spacial score (nSPS) is 15.4.